The van der Waals surface area contributed by atoms with Crippen LogP contribution in [0.15, 0.2) is 44.3 Å². The van der Waals surface area contributed by atoms with E-state index in [1.54, 1.807) is 6.07 Å². The van der Waals surface area contributed by atoms with E-state index in [0.29, 0.717) is 23.5 Å². The first-order chi connectivity index (χ1) is 15.5. The Kier molecular flexibility index (Phi) is 6.25. The topological polar surface area (TPSA) is 127 Å². The molecule has 1 fully saturated rings. The first-order valence-corrected chi connectivity index (χ1v) is 11.0. The number of nitrogen functional groups attached to an aromatic ring is 1. The van der Waals surface area contributed by atoms with Crippen molar-refractivity contribution in [1.29, 1.82) is 0 Å². The standard InChI is InChI=1S/C23H27N5O4/c1-2-3-14-27-21(24)20(22(30)26-23(27)31)28(15-8-4-5-9-15)19(29)13-12-18-25-16-10-6-7-11-17(16)32-18/h6-7,10-13,15H,2-5,8-9,14,24H2,1H3,(H,26,30,31). The van der Waals surface area contributed by atoms with Crippen LogP contribution in [-0.4, -0.2) is 26.5 Å². The smallest absolute Gasteiger partial charge is 0.330 e. The Morgan fingerprint density at radius 2 is 2.06 bits per heavy atom. The van der Waals surface area contributed by atoms with E-state index in [9.17, 15) is 14.4 Å². The number of oxazole rings is 1. The molecule has 0 aliphatic heterocycles. The van der Waals surface area contributed by atoms with Crippen LogP contribution in [0.1, 0.15) is 51.3 Å². The Bertz CT molecular complexity index is 1230. The van der Waals surface area contributed by atoms with E-state index >= 15 is 0 Å². The van der Waals surface area contributed by atoms with Crippen molar-refractivity contribution in [3.8, 4) is 0 Å². The lowest BCUT2D eigenvalue weighted by Gasteiger charge is -2.29. The van der Waals surface area contributed by atoms with Crippen molar-refractivity contribution < 1.29 is 9.21 Å². The third kappa shape index (κ3) is 4.23. The van der Waals surface area contributed by atoms with Crippen LogP contribution >= 0.6 is 0 Å². The van der Waals surface area contributed by atoms with Gasteiger partial charge in [-0.1, -0.05) is 38.3 Å². The van der Waals surface area contributed by atoms with Gasteiger partial charge in [-0.2, -0.15) is 0 Å². The van der Waals surface area contributed by atoms with Crippen LogP contribution < -0.4 is 21.9 Å². The lowest BCUT2D eigenvalue weighted by atomic mass is 10.1. The predicted molar refractivity (Wildman–Crippen MR) is 123 cm³/mol. The van der Waals surface area contributed by atoms with Crippen molar-refractivity contribution in [3.63, 3.8) is 0 Å². The van der Waals surface area contributed by atoms with Crippen molar-refractivity contribution in [2.45, 2.75) is 58.0 Å². The van der Waals surface area contributed by atoms with Gasteiger partial charge in [0.2, 0.25) is 5.89 Å². The first-order valence-electron chi connectivity index (χ1n) is 11.0. The van der Waals surface area contributed by atoms with Gasteiger partial charge in [-0.05, 0) is 31.4 Å². The summed E-state index contributed by atoms with van der Waals surface area (Å²) in [6.07, 6.45) is 7.84. The van der Waals surface area contributed by atoms with Gasteiger partial charge in [-0.15, -0.1) is 0 Å². The number of benzene rings is 1. The molecule has 1 aliphatic rings. The number of hydrogen-bond donors (Lipinski definition) is 2. The number of anilines is 2. The molecule has 2 heterocycles. The molecule has 0 atom stereocenters. The summed E-state index contributed by atoms with van der Waals surface area (Å²) >= 11 is 0. The molecular weight excluding hydrogens is 410 g/mol. The summed E-state index contributed by atoms with van der Waals surface area (Å²) in [7, 11) is 0. The largest absolute Gasteiger partial charge is 0.437 e. The highest BCUT2D eigenvalue weighted by Gasteiger charge is 2.31. The number of hydrogen-bond acceptors (Lipinski definition) is 6. The van der Waals surface area contributed by atoms with Crippen LogP contribution in [0, 0.1) is 0 Å². The van der Waals surface area contributed by atoms with Gasteiger partial charge in [0.1, 0.15) is 11.3 Å². The summed E-state index contributed by atoms with van der Waals surface area (Å²) < 4.78 is 6.98. The van der Waals surface area contributed by atoms with Gasteiger partial charge in [-0.3, -0.25) is 24.0 Å². The fraction of sp³-hybridized carbons (Fsp3) is 0.391. The second kappa shape index (κ2) is 9.25. The van der Waals surface area contributed by atoms with Crippen molar-refractivity contribution in [1.82, 2.24) is 14.5 Å². The number of aromatic amines is 1. The van der Waals surface area contributed by atoms with Gasteiger partial charge >= 0.3 is 5.69 Å². The van der Waals surface area contributed by atoms with Gasteiger partial charge in [-0.25, -0.2) is 9.78 Å². The molecule has 4 rings (SSSR count). The number of fused-ring (bicyclic) bond motifs is 1. The van der Waals surface area contributed by atoms with Crippen molar-refractivity contribution >= 4 is 34.6 Å². The zero-order valence-electron chi connectivity index (χ0n) is 18.0. The number of carbonyl (C=O) groups is 1. The molecular formula is C23H27N5O4. The van der Waals surface area contributed by atoms with E-state index < -0.39 is 17.2 Å². The predicted octanol–water partition coefficient (Wildman–Crippen LogP) is 3.05. The summed E-state index contributed by atoms with van der Waals surface area (Å²) in [4.78, 5) is 46.5. The number of nitrogens with one attached hydrogen (secondary N) is 1. The number of carbonyl (C=O) groups excluding carboxylic acids is 1. The average molecular weight is 438 g/mol. The van der Waals surface area contributed by atoms with E-state index in [1.807, 2.05) is 25.1 Å². The summed E-state index contributed by atoms with van der Waals surface area (Å²) in [6, 6.07) is 7.15. The lowest BCUT2D eigenvalue weighted by molar-refractivity contribution is -0.114. The van der Waals surface area contributed by atoms with Crippen LogP contribution in [0.2, 0.25) is 0 Å². The van der Waals surface area contributed by atoms with Gasteiger partial charge in [0.15, 0.2) is 11.3 Å². The number of rotatable bonds is 7. The quantitative estimate of drug-likeness (QED) is 0.547. The molecule has 32 heavy (non-hydrogen) atoms. The van der Waals surface area contributed by atoms with E-state index in [1.165, 1.54) is 21.6 Å². The number of unbranched alkanes of at least 4 members (excludes halogenated alkanes) is 1. The lowest BCUT2D eigenvalue weighted by Crippen LogP contribution is -2.45. The minimum absolute atomic E-state index is 0.0164. The molecule has 1 saturated carbocycles. The molecule has 1 amide bonds. The highest BCUT2D eigenvalue weighted by Crippen LogP contribution is 2.29. The van der Waals surface area contributed by atoms with Crippen molar-refractivity contribution in [3.05, 3.63) is 57.1 Å². The molecule has 3 aromatic rings. The van der Waals surface area contributed by atoms with Crippen LogP contribution in [0.3, 0.4) is 0 Å². The third-order valence-electron chi connectivity index (χ3n) is 5.80. The number of para-hydroxylation sites is 2. The summed E-state index contributed by atoms with van der Waals surface area (Å²) in [6.45, 7) is 2.37. The van der Waals surface area contributed by atoms with Gasteiger partial charge < -0.3 is 10.2 Å². The molecule has 9 nitrogen and oxygen atoms in total. The van der Waals surface area contributed by atoms with Crippen LogP contribution in [0.4, 0.5) is 11.5 Å². The first kappa shape index (κ1) is 21.6. The maximum absolute atomic E-state index is 13.3. The Morgan fingerprint density at radius 3 is 2.78 bits per heavy atom. The average Bonchev–Trinajstić information content (AvgIpc) is 3.44. The van der Waals surface area contributed by atoms with E-state index in [2.05, 4.69) is 9.97 Å². The Hall–Kier alpha value is -3.62. The van der Waals surface area contributed by atoms with E-state index in [-0.39, 0.29) is 17.5 Å². The van der Waals surface area contributed by atoms with Gasteiger partial charge in [0.05, 0.1) is 0 Å². The normalized spacial score (nSPS) is 14.5. The van der Waals surface area contributed by atoms with E-state index in [0.717, 1.165) is 38.5 Å². The highest BCUT2D eigenvalue weighted by atomic mass is 16.3. The maximum atomic E-state index is 13.3. The number of H-pyrrole nitrogens is 1. The summed E-state index contributed by atoms with van der Waals surface area (Å²) in [5, 5.41) is 0. The fourth-order valence-electron chi connectivity index (χ4n) is 4.17. The number of nitrogens with zero attached hydrogens (tertiary/aromatic N) is 3. The minimum Gasteiger partial charge on any atom is -0.437 e. The Labute approximate surface area is 184 Å². The number of nitrogens with two attached hydrogens (primary N) is 1. The molecule has 0 spiro atoms. The SMILES string of the molecule is CCCCn1c(N)c(N(C(=O)C=Cc2nc3ccccc3o2)C2CCCC2)c(=O)[nH]c1=O. The fourth-order valence-corrected chi connectivity index (χ4v) is 4.17. The second-order valence-electron chi connectivity index (χ2n) is 8.00. The molecule has 0 radical (unpaired) electrons. The molecule has 1 aromatic carbocycles. The van der Waals surface area contributed by atoms with Gasteiger partial charge in [0.25, 0.3) is 11.5 Å². The molecule has 1 aliphatic carbocycles. The van der Waals surface area contributed by atoms with E-state index in [4.69, 9.17) is 10.2 Å². The minimum atomic E-state index is -0.657. The zero-order chi connectivity index (χ0) is 22.7. The second-order valence-corrected chi connectivity index (χ2v) is 8.00. The van der Waals surface area contributed by atoms with Crippen LogP contribution in [0.25, 0.3) is 17.2 Å². The third-order valence-corrected chi connectivity index (χ3v) is 5.80. The number of amides is 1. The molecule has 0 bridgehead atoms. The van der Waals surface area contributed by atoms with Crippen LogP contribution in [-0.2, 0) is 11.3 Å². The zero-order valence-corrected chi connectivity index (χ0v) is 18.0. The summed E-state index contributed by atoms with van der Waals surface area (Å²) in [5.41, 5.74) is 6.40. The molecule has 9 heteroatoms. The Balaban J connectivity index is 1.72. The molecule has 0 unspecified atom stereocenters. The molecule has 3 N–H and O–H groups in total. The highest BCUT2D eigenvalue weighted by molar-refractivity contribution is 6.05. The van der Waals surface area contributed by atoms with Crippen LogP contribution in [0.5, 0.6) is 0 Å². The van der Waals surface area contributed by atoms with Crippen molar-refractivity contribution in [2.75, 3.05) is 10.6 Å². The van der Waals surface area contributed by atoms with Crippen molar-refractivity contribution in [2.24, 2.45) is 0 Å². The monoisotopic (exact) mass is 437 g/mol. The molecule has 2 aromatic heterocycles. The molecule has 168 valence electrons. The Morgan fingerprint density at radius 1 is 1.31 bits per heavy atom. The van der Waals surface area contributed by atoms with Gasteiger partial charge in [0, 0.05) is 24.7 Å². The molecule has 0 saturated heterocycles. The number of aromatic nitrogens is 3. The maximum Gasteiger partial charge on any atom is 0.330 e. The summed E-state index contributed by atoms with van der Waals surface area (Å²) in [5.74, 6) is -0.0968.